The highest BCUT2D eigenvalue weighted by Gasteiger charge is 2.24. The molecule has 1 saturated heterocycles. The van der Waals surface area contributed by atoms with Crippen LogP contribution in [0.3, 0.4) is 0 Å². The highest BCUT2D eigenvalue weighted by Crippen LogP contribution is 2.24. The van der Waals surface area contributed by atoms with Crippen molar-refractivity contribution >= 4 is 53.0 Å². The van der Waals surface area contributed by atoms with Gasteiger partial charge in [-0.3, -0.25) is 9.79 Å². The Hall–Kier alpha value is -1.88. The zero-order valence-corrected chi connectivity index (χ0v) is 19.1. The summed E-state index contributed by atoms with van der Waals surface area (Å²) in [7, 11) is 1.77. The minimum Gasteiger partial charge on any atom is -0.369 e. The van der Waals surface area contributed by atoms with Gasteiger partial charge < -0.3 is 21.3 Å². The molecule has 1 aliphatic heterocycles. The molecule has 0 radical (unpaired) electrons. The van der Waals surface area contributed by atoms with Crippen molar-refractivity contribution in [1.82, 2.24) is 15.6 Å². The lowest BCUT2D eigenvalue weighted by Crippen LogP contribution is -2.40. The van der Waals surface area contributed by atoms with Gasteiger partial charge in [0.05, 0.1) is 0 Å². The molecular weight excluding hydrogens is 487 g/mol. The van der Waals surface area contributed by atoms with E-state index in [2.05, 4.69) is 48.4 Å². The summed E-state index contributed by atoms with van der Waals surface area (Å²) in [6.45, 7) is 2.96. The van der Waals surface area contributed by atoms with Gasteiger partial charge >= 0.3 is 0 Å². The van der Waals surface area contributed by atoms with Gasteiger partial charge in [0.1, 0.15) is 5.82 Å². The second kappa shape index (κ2) is 11.2. The fourth-order valence-corrected chi connectivity index (χ4v) is 3.88. The summed E-state index contributed by atoms with van der Waals surface area (Å²) < 4.78 is 0. The maximum Gasteiger partial charge on any atom is 0.220 e. The largest absolute Gasteiger partial charge is 0.369 e. The smallest absolute Gasteiger partial charge is 0.220 e. The van der Waals surface area contributed by atoms with E-state index in [0.717, 1.165) is 49.8 Å². The van der Waals surface area contributed by atoms with E-state index in [0.29, 0.717) is 6.54 Å². The Morgan fingerprint density at radius 3 is 2.71 bits per heavy atom. The highest BCUT2D eigenvalue weighted by molar-refractivity contribution is 14.0. The fraction of sp³-hybridized carbons (Fsp3) is 0.421. The van der Waals surface area contributed by atoms with Gasteiger partial charge in [0, 0.05) is 50.9 Å². The Morgan fingerprint density at radius 2 is 2.07 bits per heavy atom. The van der Waals surface area contributed by atoms with Crippen molar-refractivity contribution < 1.29 is 4.79 Å². The number of pyridine rings is 1. The molecule has 28 heavy (non-hydrogen) atoms. The number of thiophene rings is 1. The number of carbonyl (C=O) groups is 1. The molecule has 3 rings (SSSR count). The molecule has 1 fully saturated rings. The molecule has 152 valence electrons. The lowest BCUT2D eigenvalue weighted by Gasteiger charge is -2.32. The predicted molar refractivity (Wildman–Crippen MR) is 125 cm³/mol. The molecule has 0 aliphatic carbocycles. The van der Waals surface area contributed by atoms with Gasteiger partial charge in [-0.15, -0.1) is 24.0 Å². The van der Waals surface area contributed by atoms with E-state index in [1.54, 1.807) is 18.4 Å². The first-order valence-corrected chi connectivity index (χ1v) is 10.1. The number of aliphatic imine (C=N–C) groups is 1. The van der Waals surface area contributed by atoms with Crippen molar-refractivity contribution in [3.8, 4) is 0 Å². The van der Waals surface area contributed by atoms with Crippen LogP contribution < -0.4 is 21.3 Å². The fourth-order valence-electron chi connectivity index (χ4n) is 3.21. The zero-order valence-electron chi connectivity index (χ0n) is 15.9. The molecule has 0 aromatic carbocycles. The summed E-state index contributed by atoms with van der Waals surface area (Å²) in [4.78, 5) is 22.5. The van der Waals surface area contributed by atoms with Crippen LogP contribution in [0.2, 0.25) is 0 Å². The van der Waals surface area contributed by atoms with Crippen LogP contribution in [0.4, 0.5) is 5.82 Å². The first-order valence-electron chi connectivity index (χ1n) is 9.11. The molecule has 1 amide bonds. The standard InChI is InChI=1S/C19H26N6OS.HI/c1-21-19(23-11-14-6-10-27-13-14)24-12-16-3-2-7-22-18(16)25-8-4-15(5-9-25)17(20)26;/h2-3,6-7,10,13,15H,4-5,8-9,11-12H2,1H3,(H2,20,26)(H2,21,23,24);1H. The number of guanidine groups is 1. The van der Waals surface area contributed by atoms with Crippen LogP contribution in [0.25, 0.3) is 0 Å². The molecule has 0 bridgehead atoms. The van der Waals surface area contributed by atoms with Gasteiger partial charge in [-0.2, -0.15) is 11.3 Å². The number of anilines is 1. The summed E-state index contributed by atoms with van der Waals surface area (Å²) >= 11 is 1.69. The topological polar surface area (TPSA) is 95.6 Å². The van der Waals surface area contributed by atoms with Crippen LogP contribution in [0.5, 0.6) is 0 Å². The third-order valence-electron chi connectivity index (χ3n) is 4.77. The second-order valence-electron chi connectivity index (χ2n) is 6.56. The van der Waals surface area contributed by atoms with Gasteiger partial charge in [-0.1, -0.05) is 6.07 Å². The number of nitrogens with one attached hydrogen (secondary N) is 2. The first kappa shape index (κ1) is 22.4. The summed E-state index contributed by atoms with van der Waals surface area (Å²) in [5.41, 5.74) is 7.78. The molecular formula is C19H27IN6OS. The molecule has 7 nitrogen and oxygen atoms in total. The van der Waals surface area contributed by atoms with Gasteiger partial charge in [-0.05, 0) is 41.3 Å². The summed E-state index contributed by atoms with van der Waals surface area (Å²) in [6, 6.07) is 6.11. The summed E-state index contributed by atoms with van der Waals surface area (Å²) in [6.07, 6.45) is 3.37. The van der Waals surface area contributed by atoms with Crippen LogP contribution in [-0.2, 0) is 17.9 Å². The van der Waals surface area contributed by atoms with Crippen molar-refractivity contribution in [2.24, 2.45) is 16.6 Å². The number of piperidine rings is 1. The van der Waals surface area contributed by atoms with Crippen LogP contribution in [-0.4, -0.2) is 37.0 Å². The molecule has 3 heterocycles. The average Bonchev–Trinajstić information content (AvgIpc) is 3.22. The first-order chi connectivity index (χ1) is 13.2. The Bertz CT molecular complexity index is 774. The molecule has 2 aromatic heterocycles. The van der Waals surface area contributed by atoms with Crippen LogP contribution in [0.15, 0.2) is 40.1 Å². The number of nitrogens with zero attached hydrogens (tertiary/aromatic N) is 3. The SMILES string of the molecule is CN=C(NCc1ccsc1)NCc1cccnc1N1CCC(C(N)=O)CC1.I. The lowest BCUT2D eigenvalue weighted by atomic mass is 9.96. The summed E-state index contributed by atoms with van der Waals surface area (Å²) in [5.74, 6) is 1.49. The van der Waals surface area contributed by atoms with E-state index in [1.165, 1.54) is 5.56 Å². The van der Waals surface area contributed by atoms with E-state index in [1.807, 2.05) is 12.3 Å². The quantitative estimate of drug-likeness (QED) is 0.313. The van der Waals surface area contributed by atoms with Crippen LogP contribution in [0, 0.1) is 5.92 Å². The van der Waals surface area contributed by atoms with E-state index >= 15 is 0 Å². The number of hydrogen-bond acceptors (Lipinski definition) is 5. The monoisotopic (exact) mass is 514 g/mol. The molecule has 1 aliphatic rings. The van der Waals surface area contributed by atoms with Crippen LogP contribution >= 0.6 is 35.3 Å². The van der Waals surface area contributed by atoms with E-state index < -0.39 is 0 Å². The number of nitrogens with two attached hydrogens (primary N) is 1. The molecule has 0 atom stereocenters. The third kappa shape index (κ3) is 6.06. The Kier molecular flexibility index (Phi) is 8.97. The number of carbonyl (C=O) groups excluding carboxylic acids is 1. The minimum atomic E-state index is -0.196. The van der Waals surface area contributed by atoms with Crippen molar-refractivity contribution in [3.63, 3.8) is 0 Å². The highest BCUT2D eigenvalue weighted by atomic mass is 127. The van der Waals surface area contributed by atoms with E-state index in [4.69, 9.17) is 5.73 Å². The van der Waals surface area contributed by atoms with E-state index in [9.17, 15) is 4.79 Å². The predicted octanol–water partition coefficient (Wildman–Crippen LogP) is 2.33. The minimum absolute atomic E-state index is 0. The van der Waals surface area contributed by atoms with Crippen molar-refractivity contribution in [2.75, 3.05) is 25.0 Å². The Balaban J connectivity index is 0.00000280. The maximum atomic E-state index is 11.4. The summed E-state index contributed by atoms with van der Waals surface area (Å²) in [5, 5.41) is 10.9. The third-order valence-corrected chi connectivity index (χ3v) is 5.51. The van der Waals surface area contributed by atoms with E-state index in [-0.39, 0.29) is 35.8 Å². The Morgan fingerprint density at radius 1 is 1.32 bits per heavy atom. The van der Waals surface area contributed by atoms with Gasteiger partial charge in [0.15, 0.2) is 5.96 Å². The van der Waals surface area contributed by atoms with Crippen molar-refractivity contribution in [3.05, 3.63) is 46.3 Å². The number of primary amides is 1. The zero-order chi connectivity index (χ0) is 19.1. The molecule has 2 aromatic rings. The van der Waals surface area contributed by atoms with Crippen molar-refractivity contribution in [1.29, 1.82) is 0 Å². The Labute approximate surface area is 186 Å². The molecule has 0 spiro atoms. The molecule has 9 heteroatoms. The number of hydrogen-bond donors (Lipinski definition) is 3. The number of rotatable bonds is 6. The number of aromatic nitrogens is 1. The molecule has 0 saturated carbocycles. The normalized spacial score (nSPS) is 15.0. The maximum absolute atomic E-state index is 11.4. The number of halogens is 1. The second-order valence-corrected chi connectivity index (χ2v) is 7.34. The lowest BCUT2D eigenvalue weighted by molar-refractivity contribution is -0.122. The van der Waals surface area contributed by atoms with Gasteiger partial charge in [-0.25, -0.2) is 4.98 Å². The van der Waals surface area contributed by atoms with Gasteiger partial charge in [0.25, 0.3) is 0 Å². The van der Waals surface area contributed by atoms with Crippen molar-refractivity contribution in [2.45, 2.75) is 25.9 Å². The molecule has 4 N–H and O–H groups in total. The average molecular weight is 514 g/mol. The van der Waals surface area contributed by atoms with Crippen LogP contribution in [0.1, 0.15) is 24.0 Å². The molecule has 0 unspecified atom stereocenters. The number of amides is 1. The van der Waals surface area contributed by atoms with Gasteiger partial charge in [0.2, 0.25) is 5.91 Å².